The van der Waals surface area contributed by atoms with Crippen molar-refractivity contribution in [3.05, 3.63) is 24.3 Å². The molecule has 2 saturated heterocycles. The van der Waals surface area contributed by atoms with Crippen LogP contribution in [-0.4, -0.2) is 70.5 Å². The number of methoxy groups -OCH3 is 1. The number of urea groups is 1. The fraction of sp³-hybridized carbons (Fsp3) is 0.650. The molecule has 2 heterocycles. The van der Waals surface area contributed by atoms with Crippen LogP contribution >= 0.6 is 0 Å². The highest BCUT2D eigenvalue weighted by Gasteiger charge is 2.21. The van der Waals surface area contributed by atoms with Crippen LogP contribution in [0, 0.1) is 5.92 Å². The van der Waals surface area contributed by atoms with E-state index in [1.54, 1.807) is 7.11 Å². The van der Waals surface area contributed by atoms with E-state index in [4.69, 9.17) is 4.74 Å². The molecule has 26 heavy (non-hydrogen) atoms. The summed E-state index contributed by atoms with van der Waals surface area (Å²) in [6.07, 6.45) is 2.58. The number of piperazine rings is 1. The average molecular weight is 361 g/mol. The average Bonchev–Trinajstić information content (AvgIpc) is 2.69. The Morgan fingerprint density at radius 1 is 1.00 bits per heavy atom. The van der Waals surface area contributed by atoms with E-state index in [-0.39, 0.29) is 6.03 Å². The van der Waals surface area contributed by atoms with E-state index < -0.39 is 0 Å². The van der Waals surface area contributed by atoms with Crippen molar-refractivity contribution >= 4 is 17.4 Å². The molecular formula is C20H32N4O2. The molecule has 0 aromatic heterocycles. The van der Waals surface area contributed by atoms with E-state index in [9.17, 15) is 4.79 Å². The maximum absolute atomic E-state index is 12.1. The smallest absolute Gasteiger partial charge is 0.317 e. The summed E-state index contributed by atoms with van der Waals surface area (Å²) in [5.74, 6) is 0.855. The minimum Gasteiger partial charge on any atom is -0.383 e. The predicted molar refractivity (Wildman–Crippen MR) is 106 cm³/mol. The van der Waals surface area contributed by atoms with Gasteiger partial charge in [-0.2, -0.15) is 0 Å². The molecule has 2 aliphatic rings. The molecule has 0 saturated carbocycles. The van der Waals surface area contributed by atoms with Crippen molar-refractivity contribution in [1.82, 2.24) is 10.2 Å². The number of nitrogens with zero attached hydrogens (tertiary/aromatic N) is 3. The second-order valence-corrected chi connectivity index (χ2v) is 7.38. The van der Waals surface area contributed by atoms with Crippen molar-refractivity contribution in [2.45, 2.75) is 19.8 Å². The third-order valence-electron chi connectivity index (χ3n) is 5.51. The van der Waals surface area contributed by atoms with E-state index in [1.165, 1.54) is 24.2 Å². The highest BCUT2D eigenvalue weighted by molar-refractivity contribution is 5.74. The van der Waals surface area contributed by atoms with E-state index in [1.807, 2.05) is 4.90 Å². The monoisotopic (exact) mass is 360 g/mol. The summed E-state index contributed by atoms with van der Waals surface area (Å²) in [5, 5.41) is 2.89. The molecule has 2 aliphatic heterocycles. The number of benzene rings is 1. The Morgan fingerprint density at radius 3 is 2.08 bits per heavy atom. The lowest BCUT2D eigenvalue weighted by Gasteiger charge is -2.36. The fourth-order valence-corrected chi connectivity index (χ4v) is 3.68. The Balaban J connectivity index is 1.48. The molecule has 0 unspecified atom stereocenters. The second kappa shape index (κ2) is 9.12. The first-order valence-corrected chi connectivity index (χ1v) is 9.79. The molecule has 1 aromatic carbocycles. The highest BCUT2D eigenvalue weighted by Crippen LogP contribution is 2.26. The Kier molecular flexibility index (Phi) is 6.61. The zero-order valence-corrected chi connectivity index (χ0v) is 16.1. The van der Waals surface area contributed by atoms with Crippen LogP contribution in [0.5, 0.6) is 0 Å². The van der Waals surface area contributed by atoms with Crippen LogP contribution in [0.3, 0.4) is 0 Å². The fourth-order valence-electron chi connectivity index (χ4n) is 3.68. The largest absolute Gasteiger partial charge is 0.383 e. The Bertz CT molecular complexity index is 562. The number of hydrogen-bond donors (Lipinski definition) is 1. The van der Waals surface area contributed by atoms with Gasteiger partial charge in [-0.25, -0.2) is 4.79 Å². The normalized spacial score (nSPS) is 18.9. The molecule has 0 aliphatic carbocycles. The quantitative estimate of drug-likeness (QED) is 0.819. The van der Waals surface area contributed by atoms with Crippen molar-refractivity contribution in [1.29, 1.82) is 0 Å². The molecule has 6 heteroatoms. The van der Waals surface area contributed by atoms with Gasteiger partial charge in [0, 0.05) is 64.3 Å². The molecule has 1 N–H and O–H groups in total. The Hall–Kier alpha value is -1.95. The second-order valence-electron chi connectivity index (χ2n) is 7.38. The molecular weight excluding hydrogens is 328 g/mol. The molecule has 144 valence electrons. The molecule has 2 amide bonds. The van der Waals surface area contributed by atoms with E-state index in [0.29, 0.717) is 13.2 Å². The van der Waals surface area contributed by atoms with Crippen molar-refractivity contribution < 1.29 is 9.53 Å². The Labute approximate surface area is 157 Å². The first-order chi connectivity index (χ1) is 12.7. The molecule has 3 rings (SSSR count). The zero-order valence-electron chi connectivity index (χ0n) is 16.1. The van der Waals surface area contributed by atoms with Gasteiger partial charge in [0.2, 0.25) is 0 Å². The summed E-state index contributed by atoms with van der Waals surface area (Å²) >= 11 is 0. The van der Waals surface area contributed by atoms with Gasteiger partial charge >= 0.3 is 6.03 Å². The minimum atomic E-state index is 0.0105. The first kappa shape index (κ1) is 18.8. The van der Waals surface area contributed by atoms with E-state index in [0.717, 1.165) is 45.2 Å². The van der Waals surface area contributed by atoms with Gasteiger partial charge in [-0.1, -0.05) is 6.92 Å². The molecule has 1 aromatic rings. The summed E-state index contributed by atoms with van der Waals surface area (Å²) in [7, 11) is 1.64. The lowest BCUT2D eigenvalue weighted by Crippen LogP contribution is -2.52. The summed E-state index contributed by atoms with van der Waals surface area (Å²) in [5.41, 5.74) is 2.58. The summed E-state index contributed by atoms with van der Waals surface area (Å²) in [6, 6.07) is 8.95. The number of rotatable bonds is 5. The number of piperidine rings is 1. The number of hydrogen-bond acceptors (Lipinski definition) is 4. The summed E-state index contributed by atoms with van der Waals surface area (Å²) < 4.78 is 4.97. The van der Waals surface area contributed by atoms with Crippen LogP contribution < -0.4 is 15.1 Å². The number of ether oxygens (including phenoxy) is 1. The number of anilines is 2. The van der Waals surface area contributed by atoms with Crippen LogP contribution in [0.25, 0.3) is 0 Å². The lowest BCUT2D eigenvalue weighted by molar-refractivity contribution is 0.177. The van der Waals surface area contributed by atoms with E-state index >= 15 is 0 Å². The number of amides is 2. The topological polar surface area (TPSA) is 48.1 Å². The van der Waals surface area contributed by atoms with Gasteiger partial charge in [0.25, 0.3) is 0 Å². The van der Waals surface area contributed by atoms with Crippen LogP contribution in [-0.2, 0) is 4.74 Å². The van der Waals surface area contributed by atoms with Gasteiger partial charge < -0.3 is 24.8 Å². The standard InChI is InChI=1S/C20H32N4O2/c1-17-7-10-22(11-8-17)18-3-5-19(6-4-18)23-12-14-24(15-13-23)20(25)21-9-16-26-2/h3-6,17H,7-16H2,1-2H3,(H,21,25). The summed E-state index contributed by atoms with van der Waals surface area (Å²) in [6.45, 7) is 9.04. The van der Waals surface area contributed by atoms with Crippen LogP contribution in [0.2, 0.25) is 0 Å². The third-order valence-corrected chi connectivity index (χ3v) is 5.51. The molecule has 6 nitrogen and oxygen atoms in total. The van der Waals surface area contributed by atoms with Crippen molar-refractivity contribution in [2.24, 2.45) is 5.92 Å². The Morgan fingerprint density at radius 2 is 1.54 bits per heavy atom. The van der Waals surface area contributed by atoms with Gasteiger partial charge in [-0.3, -0.25) is 0 Å². The van der Waals surface area contributed by atoms with Gasteiger partial charge in [0.1, 0.15) is 0 Å². The summed E-state index contributed by atoms with van der Waals surface area (Å²) in [4.78, 5) is 18.8. The van der Waals surface area contributed by atoms with Gasteiger partial charge in [-0.15, -0.1) is 0 Å². The molecule has 0 spiro atoms. The van der Waals surface area contributed by atoms with Crippen LogP contribution in [0.1, 0.15) is 19.8 Å². The van der Waals surface area contributed by atoms with Crippen molar-refractivity contribution in [3.8, 4) is 0 Å². The minimum absolute atomic E-state index is 0.0105. The van der Waals surface area contributed by atoms with Crippen LogP contribution in [0.4, 0.5) is 16.2 Å². The van der Waals surface area contributed by atoms with E-state index in [2.05, 4.69) is 46.3 Å². The maximum Gasteiger partial charge on any atom is 0.317 e. The lowest BCUT2D eigenvalue weighted by atomic mass is 9.99. The zero-order chi connectivity index (χ0) is 18.4. The predicted octanol–water partition coefficient (Wildman–Crippen LogP) is 2.40. The molecule has 0 bridgehead atoms. The number of carbonyl (C=O) groups excluding carboxylic acids is 1. The maximum atomic E-state index is 12.1. The van der Waals surface area contributed by atoms with Gasteiger partial charge in [-0.05, 0) is 43.0 Å². The van der Waals surface area contributed by atoms with Gasteiger partial charge in [0.15, 0.2) is 0 Å². The van der Waals surface area contributed by atoms with Crippen LogP contribution in [0.15, 0.2) is 24.3 Å². The first-order valence-electron chi connectivity index (χ1n) is 9.79. The molecule has 0 atom stereocenters. The van der Waals surface area contributed by atoms with Crippen molar-refractivity contribution in [3.63, 3.8) is 0 Å². The number of nitrogens with one attached hydrogen (secondary N) is 1. The number of carbonyl (C=O) groups is 1. The van der Waals surface area contributed by atoms with Crippen molar-refractivity contribution in [2.75, 3.05) is 69.3 Å². The molecule has 2 fully saturated rings. The highest BCUT2D eigenvalue weighted by atomic mass is 16.5. The third kappa shape index (κ3) is 4.81. The SMILES string of the molecule is COCCNC(=O)N1CCN(c2ccc(N3CCC(C)CC3)cc2)CC1. The van der Waals surface area contributed by atoms with Gasteiger partial charge in [0.05, 0.1) is 6.61 Å². The molecule has 0 radical (unpaired) electrons.